The highest BCUT2D eigenvalue weighted by Gasteiger charge is 2.06. The molecule has 0 aliphatic carbocycles. The number of likely N-dealkylation sites (N-methyl/N-ethyl adjacent to an activating group) is 1. The van der Waals surface area contributed by atoms with E-state index >= 15 is 0 Å². The van der Waals surface area contributed by atoms with Crippen LogP contribution in [0.1, 0.15) is 11.6 Å². The van der Waals surface area contributed by atoms with Gasteiger partial charge < -0.3 is 15.1 Å². The molecule has 0 bridgehead atoms. The lowest BCUT2D eigenvalue weighted by molar-refractivity contribution is 0.375. The molecule has 0 saturated carbocycles. The molecule has 1 rings (SSSR count). The zero-order valence-electron chi connectivity index (χ0n) is 6.95. The second-order valence-electron chi connectivity index (χ2n) is 2.93. The third-order valence-electron chi connectivity index (χ3n) is 1.53. The summed E-state index contributed by atoms with van der Waals surface area (Å²) in [6.07, 6.45) is 3.33. The lowest BCUT2D eigenvalue weighted by atomic mass is 10.1. The third kappa shape index (κ3) is 2.37. The molecule has 3 nitrogen and oxygen atoms in total. The molecule has 1 heterocycles. The molecule has 0 fully saturated rings. The van der Waals surface area contributed by atoms with Crippen molar-refractivity contribution in [2.24, 2.45) is 5.73 Å². The second-order valence-corrected chi connectivity index (χ2v) is 2.93. The van der Waals surface area contributed by atoms with Crippen LogP contribution in [0.15, 0.2) is 23.0 Å². The van der Waals surface area contributed by atoms with Gasteiger partial charge in [0.05, 0.1) is 12.5 Å². The summed E-state index contributed by atoms with van der Waals surface area (Å²) >= 11 is 0. The lowest BCUT2D eigenvalue weighted by Gasteiger charge is -2.14. The highest BCUT2D eigenvalue weighted by atomic mass is 16.3. The number of nitrogens with two attached hydrogens (primary N) is 1. The van der Waals surface area contributed by atoms with Gasteiger partial charge in [-0.2, -0.15) is 0 Å². The number of furan rings is 1. The van der Waals surface area contributed by atoms with E-state index in [0.717, 1.165) is 12.1 Å². The van der Waals surface area contributed by atoms with Crippen molar-refractivity contribution in [3.8, 4) is 0 Å². The summed E-state index contributed by atoms with van der Waals surface area (Å²) in [5.41, 5.74) is 6.89. The first-order chi connectivity index (χ1) is 5.20. The average molecular weight is 154 g/mol. The maximum absolute atomic E-state index is 5.84. The Hall–Kier alpha value is -0.800. The third-order valence-corrected chi connectivity index (χ3v) is 1.53. The summed E-state index contributed by atoms with van der Waals surface area (Å²) in [5, 5.41) is 0. The summed E-state index contributed by atoms with van der Waals surface area (Å²) in [4.78, 5) is 2.05. The standard InChI is InChI=1S/C8H14N2O/c1-10(2)5-8(9)7-3-4-11-6-7/h3-4,6,8H,5,9H2,1-2H3. The predicted octanol–water partition coefficient (Wildman–Crippen LogP) is 0.841. The van der Waals surface area contributed by atoms with Gasteiger partial charge in [0.1, 0.15) is 0 Å². The first kappa shape index (κ1) is 8.30. The molecule has 62 valence electrons. The Morgan fingerprint density at radius 3 is 2.82 bits per heavy atom. The van der Waals surface area contributed by atoms with Crippen LogP contribution in [0.3, 0.4) is 0 Å². The van der Waals surface area contributed by atoms with E-state index in [-0.39, 0.29) is 6.04 Å². The second kappa shape index (κ2) is 3.55. The van der Waals surface area contributed by atoms with Gasteiger partial charge in [-0.3, -0.25) is 0 Å². The molecule has 2 N–H and O–H groups in total. The monoisotopic (exact) mass is 154 g/mol. The van der Waals surface area contributed by atoms with Gasteiger partial charge in [0, 0.05) is 18.2 Å². The first-order valence-corrected chi connectivity index (χ1v) is 3.62. The molecule has 1 aromatic rings. The summed E-state index contributed by atoms with van der Waals surface area (Å²) < 4.78 is 4.92. The zero-order valence-corrected chi connectivity index (χ0v) is 6.95. The molecule has 0 aliphatic heterocycles. The summed E-state index contributed by atoms with van der Waals surface area (Å²) in [6.45, 7) is 0.847. The van der Waals surface area contributed by atoms with Gasteiger partial charge in [-0.1, -0.05) is 0 Å². The van der Waals surface area contributed by atoms with Crippen molar-refractivity contribution in [3.05, 3.63) is 24.2 Å². The van der Waals surface area contributed by atoms with E-state index in [1.165, 1.54) is 0 Å². The Morgan fingerprint density at radius 2 is 2.36 bits per heavy atom. The number of nitrogens with zero attached hydrogens (tertiary/aromatic N) is 1. The maximum Gasteiger partial charge on any atom is 0.0950 e. The van der Waals surface area contributed by atoms with E-state index in [1.54, 1.807) is 12.5 Å². The van der Waals surface area contributed by atoms with Gasteiger partial charge in [-0.05, 0) is 20.2 Å². The van der Waals surface area contributed by atoms with Gasteiger partial charge in [0.2, 0.25) is 0 Å². The van der Waals surface area contributed by atoms with Crippen molar-refractivity contribution >= 4 is 0 Å². The lowest BCUT2D eigenvalue weighted by Crippen LogP contribution is -2.25. The molecule has 0 radical (unpaired) electrons. The van der Waals surface area contributed by atoms with E-state index in [4.69, 9.17) is 10.2 Å². The van der Waals surface area contributed by atoms with Crippen molar-refractivity contribution in [2.75, 3.05) is 20.6 Å². The van der Waals surface area contributed by atoms with E-state index in [1.807, 2.05) is 20.2 Å². The van der Waals surface area contributed by atoms with Gasteiger partial charge in [-0.25, -0.2) is 0 Å². The van der Waals surface area contributed by atoms with Crippen LogP contribution in [0.4, 0.5) is 0 Å². The Bertz CT molecular complexity index is 194. The fraction of sp³-hybridized carbons (Fsp3) is 0.500. The molecular weight excluding hydrogens is 140 g/mol. The van der Waals surface area contributed by atoms with Crippen molar-refractivity contribution in [1.82, 2.24) is 4.90 Å². The van der Waals surface area contributed by atoms with Crippen LogP contribution in [-0.4, -0.2) is 25.5 Å². The minimum Gasteiger partial charge on any atom is -0.472 e. The minimum absolute atomic E-state index is 0.0590. The van der Waals surface area contributed by atoms with Crippen LogP contribution in [0.2, 0.25) is 0 Å². The average Bonchev–Trinajstić information content (AvgIpc) is 2.35. The Morgan fingerprint density at radius 1 is 1.64 bits per heavy atom. The van der Waals surface area contributed by atoms with Crippen molar-refractivity contribution in [2.45, 2.75) is 6.04 Å². The summed E-state index contributed by atoms with van der Waals surface area (Å²) in [5.74, 6) is 0. The van der Waals surface area contributed by atoms with Crippen LogP contribution in [-0.2, 0) is 0 Å². The van der Waals surface area contributed by atoms with E-state index in [2.05, 4.69) is 4.90 Å². The number of hydrogen-bond acceptors (Lipinski definition) is 3. The van der Waals surface area contributed by atoms with Crippen LogP contribution >= 0.6 is 0 Å². The Labute approximate surface area is 66.8 Å². The molecule has 1 atom stereocenters. The molecule has 0 spiro atoms. The Kier molecular flexibility index (Phi) is 2.68. The molecule has 11 heavy (non-hydrogen) atoms. The molecular formula is C8H14N2O. The molecule has 3 heteroatoms. The molecule has 1 unspecified atom stereocenters. The molecule has 1 aromatic heterocycles. The van der Waals surface area contributed by atoms with Crippen molar-refractivity contribution in [3.63, 3.8) is 0 Å². The van der Waals surface area contributed by atoms with Crippen LogP contribution in [0.25, 0.3) is 0 Å². The van der Waals surface area contributed by atoms with Crippen molar-refractivity contribution < 1.29 is 4.42 Å². The smallest absolute Gasteiger partial charge is 0.0950 e. The van der Waals surface area contributed by atoms with Crippen molar-refractivity contribution in [1.29, 1.82) is 0 Å². The normalized spacial score (nSPS) is 13.8. The highest BCUT2D eigenvalue weighted by molar-refractivity contribution is 5.10. The van der Waals surface area contributed by atoms with Gasteiger partial charge >= 0.3 is 0 Å². The van der Waals surface area contributed by atoms with E-state index in [0.29, 0.717) is 0 Å². The Balaban J connectivity index is 2.49. The molecule has 0 aromatic carbocycles. The minimum atomic E-state index is 0.0590. The predicted molar refractivity (Wildman–Crippen MR) is 44.2 cm³/mol. The molecule has 0 saturated heterocycles. The number of rotatable bonds is 3. The fourth-order valence-corrected chi connectivity index (χ4v) is 0.985. The highest BCUT2D eigenvalue weighted by Crippen LogP contribution is 2.10. The SMILES string of the molecule is CN(C)CC(N)c1ccoc1. The van der Waals surface area contributed by atoms with Crippen LogP contribution < -0.4 is 5.73 Å². The zero-order chi connectivity index (χ0) is 8.27. The number of hydrogen-bond donors (Lipinski definition) is 1. The van der Waals surface area contributed by atoms with E-state index < -0.39 is 0 Å². The fourth-order valence-electron chi connectivity index (χ4n) is 0.985. The van der Waals surface area contributed by atoms with Crippen LogP contribution in [0.5, 0.6) is 0 Å². The van der Waals surface area contributed by atoms with Gasteiger partial charge in [-0.15, -0.1) is 0 Å². The summed E-state index contributed by atoms with van der Waals surface area (Å²) in [7, 11) is 4.00. The topological polar surface area (TPSA) is 42.4 Å². The van der Waals surface area contributed by atoms with Crippen LogP contribution in [0, 0.1) is 0 Å². The van der Waals surface area contributed by atoms with E-state index in [9.17, 15) is 0 Å². The van der Waals surface area contributed by atoms with Gasteiger partial charge in [0.25, 0.3) is 0 Å². The molecule has 0 amide bonds. The molecule has 0 aliphatic rings. The maximum atomic E-state index is 5.84. The van der Waals surface area contributed by atoms with Gasteiger partial charge in [0.15, 0.2) is 0 Å². The largest absolute Gasteiger partial charge is 0.472 e. The summed E-state index contributed by atoms with van der Waals surface area (Å²) in [6, 6.07) is 1.96. The quantitative estimate of drug-likeness (QED) is 0.701. The first-order valence-electron chi connectivity index (χ1n) is 3.62.